The Kier molecular flexibility index (Phi) is 5.76. The number of nitrogens with two attached hydrogens (primary N) is 1. The van der Waals surface area contributed by atoms with Gasteiger partial charge in [0.25, 0.3) is 0 Å². The number of methoxy groups -OCH3 is 2. The summed E-state index contributed by atoms with van der Waals surface area (Å²) in [6.07, 6.45) is 5.07. The molecular formula is C14H22ClNO2. The van der Waals surface area contributed by atoms with E-state index in [1.165, 1.54) is 25.7 Å². The van der Waals surface area contributed by atoms with E-state index in [2.05, 4.69) is 0 Å². The fourth-order valence-corrected chi connectivity index (χ4v) is 2.66. The van der Waals surface area contributed by atoms with Gasteiger partial charge in [0.05, 0.1) is 14.2 Å². The average Bonchev–Trinajstić information content (AvgIpc) is 2.91. The van der Waals surface area contributed by atoms with Gasteiger partial charge in [-0.25, -0.2) is 0 Å². The fraction of sp³-hybridized carbons (Fsp3) is 0.571. The third-order valence-electron chi connectivity index (χ3n) is 3.71. The molecule has 0 aromatic heterocycles. The molecule has 18 heavy (non-hydrogen) atoms. The minimum atomic E-state index is 0. The van der Waals surface area contributed by atoms with Gasteiger partial charge in [-0.3, -0.25) is 0 Å². The minimum absolute atomic E-state index is 0. The van der Waals surface area contributed by atoms with Crippen LogP contribution >= 0.6 is 12.4 Å². The van der Waals surface area contributed by atoms with Crippen LogP contribution in [0.3, 0.4) is 0 Å². The highest BCUT2D eigenvalue weighted by Gasteiger charge is 2.25. The van der Waals surface area contributed by atoms with Gasteiger partial charge in [0.2, 0.25) is 0 Å². The van der Waals surface area contributed by atoms with Crippen LogP contribution in [-0.4, -0.2) is 14.2 Å². The molecule has 0 bridgehead atoms. The van der Waals surface area contributed by atoms with Gasteiger partial charge in [-0.15, -0.1) is 12.4 Å². The van der Waals surface area contributed by atoms with E-state index >= 15 is 0 Å². The highest BCUT2D eigenvalue weighted by Crippen LogP contribution is 2.38. The molecule has 0 heterocycles. The second kappa shape index (κ2) is 6.86. The molecule has 1 aliphatic rings. The first-order valence-corrected chi connectivity index (χ1v) is 6.23. The number of rotatable bonds is 4. The predicted octanol–water partition coefficient (Wildman–Crippen LogP) is 3.32. The van der Waals surface area contributed by atoms with Crippen molar-refractivity contribution in [2.24, 2.45) is 11.7 Å². The van der Waals surface area contributed by atoms with E-state index in [0.29, 0.717) is 5.92 Å². The van der Waals surface area contributed by atoms with E-state index in [9.17, 15) is 0 Å². The van der Waals surface area contributed by atoms with Crippen LogP contribution in [0.5, 0.6) is 11.5 Å². The van der Waals surface area contributed by atoms with Crippen molar-refractivity contribution in [2.45, 2.75) is 31.7 Å². The van der Waals surface area contributed by atoms with Crippen LogP contribution in [-0.2, 0) is 0 Å². The van der Waals surface area contributed by atoms with E-state index in [1.807, 2.05) is 18.2 Å². The van der Waals surface area contributed by atoms with Gasteiger partial charge in [-0.05, 0) is 24.8 Å². The Morgan fingerprint density at radius 3 is 2.39 bits per heavy atom. The highest BCUT2D eigenvalue weighted by molar-refractivity contribution is 5.85. The summed E-state index contributed by atoms with van der Waals surface area (Å²) in [5.74, 6) is 2.24. The van der Waals surface area contributed by atoms with Crippen molar-refractivity contribution >= 4 is 12.4 Å². The second-order valence-corrected chi connectivity index (χ2v) is 4.68. The van der Waals surface area contributed by atoms with Gasteiger partial charge in [-0.2, -0.15) is 0 Å². The molecular weight excluding hydrogens is 250 g/mol. The lowest BCUT2D eigenvalue weighted by Gasteiger charge is -2.21. The SMILES string of the molecule is COc1ccc([C@@H](N)C2CCCC2)c(OC)c1.Cl. The second-order valence-electron chi connectivity index (χ2n) is 4.68. The van der Waals surface area contributed by atoms with Gasteiger partial charge in [-0.1, -0.05) is 18.9 Å². The summed E-state index contributed by atoms with van der Waals surface area (Å²) in [5, 5.41) is 0. The normalized spacial score (nSPS) is 17.1. The number of halogens is 1. The van der Waals surface area contributed by atoms with Crippen LogP contribution in [0.15, 0.2) is 18.2 Å². The maximum absolute atomic E-state index is 6.35. The van der Waals surface area contributed by atoms with E-state index < -0.39 is 0 Å². The van der Waals surface area contributed by atoms with Crippen molar-refractivity contribution < 1.29 is 9.47 Å². The Hall–Kier alpha value is -0.930. The van der Waals surface area contributed by atoms with Crippen LogP contribution < -0.4 is 15.2 Å². The summed E-state index contributed by atoms with van der Waals surface area (Å²) in [6.45, 7) is 0. The minimum Gasteiger partial charge on any atom is -0.497 e. The largest absolute Gasteiger partial charge is 0.497 e. The van der Waals surface area contributed by atoms with Crippen LogP contribution in [0.2, 0.25) is 0 Å². The maximum atomic E-state index is 6.35. The molecule has 1 aromatic rings. The molecule has 1 fully saturated rings. The van der Waals surface area contributed by atoms with Gasteiger partial charge < -0.3 is 15.2 Å². The Labute approximate surface area is 115 Å². The monoisotopic (exact) mass is 271 g/mol. The van der Waals surface area contributed by atoms with Crippen molar-refractivity contribution in [1.29, 1.82) is 0 Å². The first-order valence-electron chi connectivity index (χ1n) is 6.23. The highest BCUT2D eigenvalue weighted by atomic mass is 35.5. The third kappa shape index (κ3) is 3.09. The zero-order valence-electron chi connectivity index (χ0n) is 11.0. The molecule has 2 rings (SSSR count). The average molecular weight is 272 g/mol. The standard InChI is InChI=1S/C14H21NO2.ClH/c1-16-11-7-8-12(13(9-11)17-2)14(15)10-5-3-4-6-10;/h7-10,14H,3-6,15H2,1-2H3;1H/t14-;/m0./s1. The molecule has 0 radical (unpaired) electrons. The summed E-state index contributed by atoms with van der Waals surface area (Å²) >= 11 is 0. The molecule has 1 atom stereocenters. The molecule has 1 aliphatic carbocycles. The number of hydrogen-bond donors (Lipinski definition) is 1. The lowest BCUT2D eigenvalue weighted by Crippen LogP contribution is -2.19. The first kappa shape index (κ1) is 15.1. The predicted molar refractivity (Wildman–Crippen MR) is 75.7 cm³/mol. The Bertz CT molecular complexity index is 378. The number of hydrogen-bond acceptors (Lipinski definition) is 3. The summed E-state index contributed by atoms with van der Waals surface area (Å²) in [4.78, 5) is 0. The number of ether oxygens (including phenoxy) is 2. The third-order valence-corrected chi connectivity index (χ3v) is 3.71. The zero-order chi connectivity index (χ0) is 12.3. The lowest BCUT2D eigenvalue weighted by atomic mass is 9.92. The quantitative estimate of drug-likeness (QED) is 0.914. The van der Waals surface area contributed by atoms with E-state index in [-0.39, 0.29) is 18.4 Å². The van der Waals surface area contributed by atoms with Gasteiger partial charge >= 0.3 is 0 Å². The van der Waals surface area contributed by atoms with Crippen molar-refractivity contribution in [2.75, 3.05) is 14.2 Å². The first-order chi connectivity index (χ1) is 8.26. The number of benzene rings is 1. The lowest BCUT2D eigenvalue weighted by molar-refractivity contribution is 0.375. The van der Waals surface area contributed by atoms with Crippen LogP contribution in [0.25, 0.3) is 0 Å². The molecule has 1 aromatic carbocycles. The summed E-state index contributed by atoms with van der Waals surface area (Å²) in [7, 11) is 3.34. The van der Waals surface area contributed by atoms with Crippen molar-refractivity contribution in [3.05, 3.63) is 23.8 Å². The van der Waals surface area contributed by atoms with Crippen LogP contribution in [0.1, 0.15) is 37.3 Å². The maximum Gasteiger partial charge on any atom is 0.127 e. The molecule has 3 nitrogen and oxygen atoms in total. The molecule has 0 spiro atoms. The Balaban J connectivity index is 0.00000162. The smallest absolute Gasteiger partial charge is 0.127 e. The van der Waals surface area contributed by atoms with Crippen molar-refractivity contribution in [3.63, 3.8) is 0 Å². The molecule has 102 valence electrons. The van der Waals surface area contributed by atoms with Crippen molar-refractivity contribution in [1.82, 2.24) is 0 Å². The van der Waals surface area contributed by atoms with Crippen LogP contribution in [0, 0.1) is 5.92 Å². The van der Waals surface area contributed by atoms with Gasteiger partial charge in [0, 0.05) is 17.7 Å². The Morgan fingerprint density at radius 2 is 1.83 bits per heavy atom. The van der Waals surface area contributed by atoms with Crippen molar-refractivity contribution in [3.8, 4) is 11.5 Å². The zero-order valence-corrected chi connectivity index (χ0v) is 11.8. The molecule has 4 heteroatoms. The molecule has 2 N–H and O–H groups in total. The summed E-state index contributed by atoms with van der Waals surface area (Å²) in [5.41, 5.74) is 7.44. The fourth-order valence-electron chi connectivity index (χ4n) is 2.66. The van der Waals surface area contributed by atoms with Gasteiger partial charge in [0.1, 0.15) is 11.5 Å². The van der Waals surface area contributed by atoms with E-state index in [0.717, 1.165) is 17.1 Å². The molecule has 0 amide bonds. The molecule has 0 unspecified atom stereocenters. The van der Waals surface area contributed by atoms with Crippen LogP contribution in [0.4, 0.5) is 0 Å². The Morgan fingerprint density at radius 1 is 1.17 bits per heavy atom. The van der Waals surface area contributed by atoms with E-state index in [4.69, 9.17) is 15.2 Å². The molecule has 0 saturated heterocycles. The summed E-state index contributed by atoms with van der Waals surface area (Å²) < 4.78 is 10.6. The van der Waals surface area contributed by atoms with E-state index in [1.54, 1.807) is 14.2 Å². The van der Waals surface area contributed by atoms with Gasteiger partial charge in [0.15, 0.2) is 0 Å². The topological polar surface area (TPSA) is 44.5 Å². The molecule has 0 aliphatic heterocycles. The molecule has 1 saturated carbocycles. The summed E-state index contributed by atoms with van der Waals surface area (Å²) in [6, 6.07) is 5.97.